The lowest BCUT2D eigenvalue weighted by molar-refractivity contribution is 0.951. The third-order valence-electron chi connectivity index (χ3n) is 3.63. The first-order valence-corrected chi connectivity index (χ1v) is 8.07. The second kappa shape index (κ2) is 5.83. The number of nitrogens with zero attached hydrogens (tertiary/aromatic N) is 5. The molecule has 0 atom stereocenters. The summed E-state index contributed by atoms with van der Waals surface area (Å²) in [5, 5.41) is 21.4. The molecule has 116 valence electrons. The summed E-state index contributed by atoms with van der Waals surface area (Å²) in [6.45, 7) is 2.00. The van der Waals surface area contributed by atoms with Gasteiger partial charge in [-0.2, -0.15) is 15.5 Å². The Labute approximate surface area is 142 Å². The molecule has 0 aliphatic heterocycles. The van der Waals surface area contributed by atoms with Crippen LogP contribution in [0.2, 0.25) is 0 Å². The van der Waals surface area contributed by atoms with E-state index in [0.717, 1.165) is 32.1 Å². The highest BCUT2D eigenvalue weighted by Gasteiger charge is 2.14. The molecule has 4 rings (SSSR count). The van der Waals surface area contributed by atoms with Crippen LogP contribution in [0, 0.1) is 18.3 Å². The molecule has 0 aromatic carbocycles. The minimum Gasteiger partial charge on any atom is -0.285 e. The number of hydrogen-bond donors (Lipinski definition) is 1. The molecule has 0 aliphatic rings. The van der Waals surface area contributed by atoms with Gasteiger partial charge in [-0.1, -0.05) is 17.8 Å². The van der Waals surface area contributed by atoms with Crippen molar-refractivity contribution in [1.82, 2.24) is 24.8 Å². The summed E-state index contributed by atoms with van der Waals surface area (Å²) < 4.78 is 1.73. The summed E-state index contributed by atoms with van der Waals surface area (Å²) in [4.78, 5) is 5.37. The van der Waals surface area contributed by atoms with Crippen LogP contribution in [-0.4, -0.2) is 24.8 Å². The number of pyridine rings is 2. The minimum absolute atomic E-state index is 0.545. The van der Waals surface area contributed by atoms with Crippen molar-refractivity contribution >= 4 is 17.3 Å². The molecule has 0 unspecified atom stereocenters. The number of hydrogen-bond acceptors (Lipinski definition) is 5. The zero-order valence-corrected chi connectivity index (χ0v) is 13.6. The highest BCUT2D eigenvalue weighted by atomic mass is 32.2. The van der Waals surface area contributed by atoms with Crippen molar-refractivity contribution in [3.63, 3.8) is 0 Å². The van der Waals surface area contributed by atoms with E-state index < -0.39 is 0 Å². The second-order valence-electron chi connectivity index (χ2n) is 5.32. The Bertz CT molecular complexity index is 1040. The molecule has 7 heteroatoms. The molecule has 4 heterocycles. The van der Waals surface area contributed by atoms with Crippen LogP contribution in [-0.2, 0) is 0 Å². The average molecular weight is 332 g/mol. The van der Waals surface area contributed by atoms with Crippen LogP contribution in [0.1, 0.15) is 11.1 Å². The number of rotatable bonds is 3. The maximum atomic E-state index is 9.36. The van der Waals surface area contributed by atoms with Crippen molar-refractivity contribution in [3.8, 4) is 17.2 Å². The van der Waals surface area contributed by atoms with E-state index in [1.54, 1.807) is 16.9 Å². The molecule has 4 aromatic heterocycles. The number of nitrogens with one attached hydrogen (secondary N) is 1. The maximum absolute atomic E-state index is 9.36. The summed E-state index contributed by atoms with van der Waals surface area (Å²) in [7, 11) is 0. The van der Waals surface area contributed by atoms with E-state index >= 15 is 0 Å². The Hall–Kier alpha value is -3.11. The van der Waals surface area contributed by atoms with Crippen molar-refractivity contribution in [2.45, 2.75) is 16.8 Å². The van der Waals surface area contributed by atoms with Crippen LogP contribution in [0.4, 0.5) is 0 Å². The molecule has 0 fully saturated rings. The SMILES string of the molecule is Cc1ccc(Sc2cc(-c3cn[nH]c3)cn3ncc(C#N)c23)nc1. The smallest absolute Gasteiger partial charge is 0.103 e. The van der Waals surface area contributed by atoms with Gasteiger partial charge in [0.2, 0.25) is 0 Å². The van der Waals surface area contributed by atoms with Crippen molar-refractivity contribution in [2.75, 3.05) is 0 Å². The van der Waals surface area contributed by atoms with Crippen molar-refractivity contribution < 1.29 is 0 Å². The fraction of sp³-hybridized carbons (Fsp3) is 0.0588. The lowest BCUT2D eigenvalue weighted by Gasteiger charge is -2.07. The van der Waals surface area contributed by atoms with E-state index in [-0.39, 0.29) is 0 Å². The Kier molecular flexibility index (Phi) is 3.52. The van der Waals surface area contributed by atoms with Crippen LogP contribution in [0.15, 0.2) is 59.1 Å². The van der Waals surface area contributed by atoms with E-state index in [1.165, 1.54) is 11.8 Å². The molecule has 0 bridgehead atoms. The van der Waals surface area contributed by atoms with Crippen molar-refractivity contribution in [1.29, 1.82) is 5.26 Å². The third-order valence-corrected chi connectivity index (χ3v) is 4.61. The normalized spacial score (nSPS) is 10.8. The Morgan fingerprint density at radius 1 is 1.21 bits per heavy atom. The van der Waals surface area contributed by atoms with E-state index in [9.17, 15) is 5.26 Å². The highest BCUT2D eigenvalue weighted by molar-refractivity contribution is 7.99. The topological polar surface area (TPSA) is 82.7 Å². The van der Waals surface area contributed by atoms with E-state index in [1.807, 2.05) is 43.7 Å². The fourth-order valence-electron chi connectivity index (χ4n) is 2.44. The predicted molar refractivity (Wildman–Crippen MR) is 90.6 cm³/mol. The van der Waals surface area contributed by atoms with Crippen LogP contribution >= 0.6 is 11.8 Å². The first-order valence-electron chi connectivity index (χ1n) is 7.26. The molecular formula is C17H12N6S. The zero-order chi connectivity index (χ0) is 16.5. The fourth-order valence-corrected chi connectivity index (χ4v) is 3.39. The summed E-state index contributed by atoms with van der Waals surface area (Å²) in [6, 6.07) is 8.24. The van der Waals surface area contributed by atoms with Gasteiger partial charge in [-0.3, -0.25) is 5.10 Å². The van der Waals surface area contributed by atoms with Crippen LogP contribution in [0.3, 0.4) is 0 Å². The van der Waals surface area contributed by atoms with Gasteiger partial charge < -0.3 is 0 Å². The third kappa shape index (κ3) is 2.53. The van der Waals surface area contributed by atoms with E-state index in [4.69, 9.17) is 0 Å². The monoisotopic (exact) mass is 332 g/mol. The molecule has 0 radical (unpaired) electrons. The average Bonchev–Trinajstić information content (AvgIpc) is 3.26. The van der Waals surface area contributed by atoms with E-state index in [2.05, 4.69) is 26.3 Å². The van der Waals surface area contributed by atoms with Gasteiger partial charge >= 0.3 is 0 Å². The van der Waals surface area contributed by atoms with Crippen LogP contribution in [0.5, 0.6) is 0 Å². The summed E-state index contributed by atoms with van der Waals surface area (Å²) in [5.74, 6) is 0. The van der Waals surface area contributed by atoms with Gasteiger partial charge in [0.1, 0.15) is 11.1 Å². The summed E-state index contributed by atoms with van der Waals surface area (Å²) >= 11 is 1.52. The van der Waals surface area contributed by atoms with Gasteiger partial charge in [0.15, 0.2) is 0 Å². The van der Waals surface area contributed by atoms with Crippen LogP contribution < -0.4 is 0 Å². The number of aromatic nitrogens is 5. The standard InChI is InChI=1S/C17H12N6S/c1-11-2-3-16(19-6-11)24-15-4-12(14-7-20-21-8-14)10-23-17(15)13(5-18)9-22-23/h2-4,6-10H,1H3,(H,20,21). The largest absolute Gasteiger partial charge is 0.285 e. The number of H-pyrrole nitrogens is 1. The van der Waals surface area contributed by atoms with Crippen molar-refractivity contribution in [2.24, 2.45) is 0 Å². The quantitative estimate of drug-likeness (QED) is 0.621. The van der Waals surface area contributed by atoms with Gasteiger partial charge in [-0.25, -0.2) is 9.50 Å². The number of fused-ring (bicyclic) bond motifs is 1. The molecule has 24 heavy (non-hydrogen) atoms. The van der Waals surface area contributed by atoms with Crippen molar-refractivity contribution in [3.05, 3.63) is 60.3 Å². The first kappa shape index (κ1) is 14.5. The molecular weight excluding hydrogens is 320 g/mol. The molecule has 0 spiro atoms. The number of aromatic amines is 1. The van der Waals surface area contributed by atoms with Gasteiger partial charge in [0, 0.05) is 34.6 Å². The maximum Gasteiger partial charge on any atom is 0.103 e. The van der Waals surface area contributed by atoms with Crippen LogP contribution in [0.25, 0.3) is 16.6 Å². The molecule has 0 saturated carbocycles. The number of nitriles is 1. The molecule has 0 amide bonds. The lowest BCUT2D eigenvalue weighted by Crippen LogP contribution is -1.92. The molecule has 6 nitrogen and oxygen atoms in total. The minimum atomic E-state index is 0.545. The first-order chi connectivity index (χ1) is 11.7. The zero-order valence-electron chi connectivity index (χ0n) is 12.8. The molecule has 4 aromatic rings. The predicted octanol–water partition coefficient (Wildman–Crippen LogP) is 3.45. The molecule has 0 aliphatic carbocycles. The highest BCUT2D eigenvalue weighted by Crippen LogP contribution is 2.34. The van der Waals surface area contributed by atoms with Gasteiger partial charge in [0.25, 0.3) is 0 Å². The second-order valence-corrected chi connectivity index (χ2v) is 6.38. The Morgan fingerprint density at radius 2 is 2.12 bits per heavy atom. The van der Waals surface area contributed by atoms with E-state index in [0.29, 0.717) is 5.56 Å². The van der Waals surface area contributed by atoms with Gasteiger partial charge in [-0.05, 0) is 24.6 Å². The summed E-state index contributed by atoms with van der Waals surface area (Å²) in [5.41, 5.74) is 4.38. The molecule has 0 saturated heterocycles. The van der Waals surface area contributed by atoms with Gasteiger partial charge in [0.05, 0.1) is 23.5 Å². The summed E-state index contributed by atoms with van der Waals surface area (Å²) in [6.07, 6.45) is 8.90. The Balaban J connectivity index is 1.89. The van der Waals surface area contributed by atoms with Gasteiger partial charge in [-0.15, -0.1) is 0 Å². The number of aryl methyl sites for hydroxylation is 1. The Morgan fingerprint density at radius 3 is 2.83 bits per heavy atom. The molecule has 1 N–H and O–H groups in total. The lowest BCUT2D eigenvalue weighted by atomic mass is 10.1.